The number of nitrogens with zero attached hydrogens (tertiary/aromatic N) is 1. The van der Waals surface area contributed by atoms with Crippen LogP contribution in [0.3, 0.4) is 0 Å². The van der Waals surface area contributed by atoms with Crippen molar-refractivity contribution in [3.05, 3.63) is 42.2 Å². The molecule has 1 aromatic heterocycles. The monoisotopic (exact) mass is 230 g/mol. The minimum Gasteiger partial charge on any atom is -0.496 e. The zero-order valence-corrected chi connectivity index (χ0v) is 9.81. The zero-order chi connectivity index (χ0) is 12.3. The van der Waals surface area contributed by atoms with Crippen molar-refractivity contribution in [2.45, 2.75) is 6.92 Å². The van der Waals surface area contributed by atoms with Crippen molar-refractivity contribution in [1.82, 2.24) is 4.98 Å². The van der Waals surface area contributed by atoms with Gasteiger partial charge in [0.05, 0.1) is 19.0 Å². The maximum atomic E-state index is 5.77. The number of benzene rings is 1. The first-order valence-electron chi connectivity index (χ1n) is 5.23. The van der Waals surface area contributed by atoms with Crippen molar-refractivity contribution >= 4 is 5.69 Å². The summed E-state index contributed by atoms with van der Waals surface area (Å²) in [6.45, 7) is 1.94. The number of hydrogen-bond acceptors (Lipinski definition) is 4. The summed E-state index contributed by atoms with van der Waals surface area (Å²) in [5.41, 5.74) is 7.22. The number of hydrogen-bond donors (Lipinski definition) is 1. The lowest BCUT2D eigenvalue weighted by Crippen LogP contribution is -1.95. The summed E-state index contributed by atoms with van der Waals surface area (Å²) in [6.07, 6.45) is 3.20. The fraction of sp³-hybridized carbons (Fsp3) is 0.154. The van der Waals surface area contributed by atoms with E-state index in [2.05, 4.69) is 4.98 Å². The maximum absolute atomic E-state index is 5.77. The van der Waals surface area contributed by atoms with Gasteiger partial charge >= 0.3 is 0 Å². The normalized spacial score (nSPS) is 10.0. The Kier molecular flexibility index (Phi) is 3.14. The lowest BCUT2D eigenvalue weighted by Gasteiger charge is -2.12. The van der Waals surface area contributed by atoms with E-state index in [4.69, 9.17) is 15.2 Å². The van der Waals surface area contributed by atoms with Crippen LogP contribution >= 0.6 is 0 Å². The van der Waals surface area contributed by atoms with Crippen molar-refractivity contribution in [3.8, 4) is 17.2 Å². The second kappa shape index (κ2) is 4.74. The minimum absolute atomic E-state index is 0.509. The molecule has 88 valence electrons. The van der Waals surface area contributed by atoms with Gasteiger partial charge in [0.15, 0.2) is 5.75 Å². The highest BCUT2D eigenvalue weighted by molar-refractivity contribution is 5.53. The number of aromatic nitrogens is 1. The summed E-state index contributed by atoms with van der Waals surface area (Å²) >= 11 is 0. The Morgan fingerprint density at radius 3 is 2.59 bits per heavy atom. The van der Waals surface area contributed by atoms with E-state index in [-0.39, 0.29) is 0 Å². The summed E-state index contributed by atoms with van der Waals surface area (Å²) in [5, 5.41) is 0. The molecule has 0 saturated carbocycles. The average molecular weight is 230 g/mol. The molecule has 0 bridgehead atoms. The molecule has 0 spiro atoms. The van der Waals surface area contributed by atoms with E-state index in [0.29, 0.717) is 11.4 Å². The van der Waals surface area contributed by atoms with E-state index >= 15 is 0 Å². The molecule has 2 N–H and O–H groups in total. The Morgan fingerprint density at radius 1 is 1.12 bits per heavy atom. The molecule has 17 heavy (non-hydrogen) atoms. The van der Waals surface area contributed by atoms with E-state index in [1.807, 2.05) is 25.1 Å². The van der Waals surface area contributed by atoms with E-state index in [1.54, 1.807) is 25.6 Å². The molecule has 0 aliphatic carbocycles. The molecule has 0 aliphatic heterocycles. The molecular weight excluding hydrogens is 216 g/mol. The molecule has 0 saturated heterocycles. The Bertz CT molecular complexity index is 527. The van der Waals surface area contributed by atoms with Crippen LogP contribution in [-0.4, -0.2) is 12.1 Å². The molecule has 0 amide bonds. The predicted molar refractivity (Wildman–Crippen MR) is 66.5 cm³/mol. The first kappa shape index (κ1) is 11.3. The van der Waals surface area contributed by atoms with Gasteiger partial charge in [0.25, 0.3) is 0 Å². The second-order valence-corrected chi connectivity index (χ2v) is 3.60. The number of ether oxygens (including phenoxy) is 2. The molecule has 0 unspecified atom stereocenters. The van der Waals surface area contributed by atoms with Gasteiger partial charge in [-0.25, -0.2) is 0 Å². The number of pyridine rings is 1. The van der Waals surface area contributed by atoms with Gasteiger partial charge in [-0.1, -0.05) is 6.07 Å². The van der Waals surface area contributed by atoms with Gasteiger partial charge in [-0.3, -0.25) is 4.98 Å². The first-order chi connectivity index (χ1) is 8.22. The minimum atomic E-state index is 0.509. The number of nitrogen functional groups attached to an aromatic ring is 1. The molecule has 2 aromatic rings. The highest BCUT2D eigenvalue weighted by Crippen LogP contribution is 2.32. The van der Waals surface area contributed by atoms with Crippen LogP contribution < -0.4 is 15.2 Å². The van der Waals surface area contributed by atoms with Crippen molar-refractivity contribution in [1.29, 1.82) is 0 Å². The number of rotatable bonds is 3. The fourth-order valence-electron chi connectivity index (χ4n) is 1.53. The topological polar surface area (TPSA) is 57.4 Å². The summed E-state index contributed by atoms with van der Waals surface area (Å²) in [6, 6.07) is 7.36. The third-order valence-electron chi connectivity index (χ3n) is 2.48. The third-order valence-corrected chi connectivity index (χ3v) is 2.48. The molecule has 0 atom stereocenters. The lowest BCUT2D eigenvalue weighted by atomic mass is 10.2. The van der Waals surface area contributed by atoms with Gasteiger partial charge < -0.3 is 15.2 Å². The number of nitrogens with two attached hydrogens (primary N) is 1. The van der Waals surface area contributed by atoms with Gasteiger partial charge in [0, 0.05) is 17.8 Å². The Hall–Kier alpha value is -2.23. The van der Waals surface area contributed by atoms with Crippen molar-refractivity contribution < 1.29 is 9.47 Å². The second-order valence-electron chi connectivity index (χ2n) is 3.60. The van der Waals surface area contributed by atoms with Crippen LogP contribution in [0.25, 0.3) is 0 Å². The SMILES string of the molecule is COc1cccc(Oc2ccncc2N)c1C. The van der Waals surface area contributed by atoms with Crippen molar-refractivity contribution in [2.75, 3.05) is 12.8 Å². The fourth-order valence-corrected chi connectivity index (χ4v) is 1.53. The van der Waals surface area contributed by atoms with Crippen molar-refractivity contribution in [2.24, 2.45) is 0 Å². The van der Waals surface area contributed by atoms with Crippen LogP contribution in [0.5, 0.6) is 17.2 Å². The van der Waals surface area contributed by atoms with Gasteiger partial charge in [-0.15, -0.1) is 0 Å². The molecule has 4 nitrogen and oxygen atoms in total. The molecular formula is C13H14N2O2. The predicted octanol–water partition coefficient (Wildman–Crippen LogP) is 2.77. The van der Waals surface area contributed by atoms with Gasteiger partial charge in [-0.2, -0.15) is 0 Å². The van der Waals surface area contributed by atoms with Crippen LogP contribution in [0.15, 0.2) is 36.7 Å². The maximum Gasteiger partial charge on any atom is 0.153 e. The zero-order valence-electron chi connectivity index (χ0n) is 9.81. The third kappa shape index (κ3) is 2.30. The van der Waals surface area contributed by atoms with Gasteiger partial charge in [0.2, 0.25) is 0 Å². The van der Waals surface area contributed by atoms with E-state index in [0.717, 1.165) is 17.1 Å². The average Bonchev–Trinajstić information content (AvgIpc) is 2.34. The van der Waals surface area contributed by atoms with E-state index in [1.165, 1.54) is 0 Å². The van der Waals surface area contributed by atoms with Crippen molar-refractivity contribution in [3.63, 3.8) is 0 Å². The molecule has 0 aliphatic rings. The van der Waals surface area contributed by atoms with Crippen LogP contribution in [-0.2, 0) is 0 Å². The summed E-state index contributed by atoms with van der Waals surface area (Å²) < 4.78 is 11.0. The van der Waals surface area contributed by atoms with E-state index < -0.39 is 0 Å². The number of methoxy groups -OCH3 is 1. The Morgan fingerprint density at radius 2 is 1.88 bits per heavy atom. The van der Waals surface area contributed by atoms with E-state index in [9.17, 15) is 0 Å². The largest absolute Gasteiger partial charge is 0.496 e. The van der Waals surface area contributed by atoms with Gasteiger partial charge in [0.1, 0.15) is 11.5 Å². The number of anilines is 1. The highest BCUT2D eigenvalue weighted by atomic mass is 16.5. The highest BCUT2D eigenvalue weighted by Gasteiger charge is 2.07. The standard InChI is InChI=1S/C13H14N2O2/c1-9-11(16-2)4-3-5-12(9)17-13-6-7-15-8-10(13)14/h3-8H,14H2,1-2H3. The molecule has 0 radical (unpaired) electrons. The molecule has 4 heteroatoms. The molecule has 1 heterocycles. The summed E-state index contributed by atoms with van der Waals surface area (Å²) in [7, 11) is 1.63. The Balaban J connectivity index is 2.34. The lowest BCUT2D eigenvalue weighted by molar-refractivity contribution is 0.404. The smallest absolute Gasteiger partial charge is 0.153 e. The molecule has 1 aromatic carbocycles. The van der Waals surface area contributed by atoms with Crippen LogP contribution in [0, 0.1) is 6.92 Å². The summed E-state index contributed by atoms with van der Waals surface area (Å²) in [5.74, 6) is 2.11. The Labute approximate surface area is 100 Å². The van der Waals surface area contributed by atoms with Gasteiger partial charge in [-0.05, 0) is 19.1 Å². The molecule has 2 rings (SSSR count). The first-order valence-corrected chi connectivity index (χ1v) is 5.23. The quantitative estimate of drug-likeness (QED) is 0.880. The van der Waals surface area contributed by atoms with Crippen LogP contribution in [0.2, 0.25) is 0 Å². The summed E-state index contributed by atoms with van der Waals surface area (Å²) in [4.78, 5) is 3.91. The van der Waals surface area contributed by atoms with Crippen LogP contribution in [0.4, 0.5) is 5.69 Å². The molecule has 0 fully saturated rings. The van der Waals surface area contributed by atoms with Crippen LogP contribution in [0.1, 0.15) is 5.56 Å².